The van der Waals surface area contributed by atoms with Gasteiger partial charge in [0.05, 0.1) is 13.2 Å². The Hall–Kier alpha value is -1.86. The van der Waals surface area contributed by atoms with Crippen molar-refractivity contribution in [2.24, 2.45) is 0 Å². The molecule has 1 aromatic rings. The monoisotopic (exact) mass is 299 g/mol. The van der Waals surface area contributed by atoms with Crippen LogP contribution >= 0.6 is 0 Å². The summed E-state index contributed by atoms with van der Waals surface area (Å²) >= 11 is 0. The van der Waals surface area contributed by atoms with E-state index in [4.69, 9.17) is 19.0 Å². The van der Waals surface area contributed by atoms with E-state index in [0.29, 0.717) is 13.2 Å². The molecular formula is C14H21NO6. The van der Waals surface area contributed by atoms with Crippen molar-refractivity contribution >= 4 is 5.91 Å². The minimum atomic E-state index is -0.578. The van der Waals surface area contributed by atoms with Crippen molar-refractivity contribution in [1.82, 2.24) is 5.32 Å². The van der Waals surface area contributed by atoms with Crippen LogP contribution in [0.25, 0.3) is 0 Å². The number of rotatable bonds is 9. The van der Waals surface area contributed by atoms with Gasteiger partial charge in [-0.1, -0.05) is 13.3 Å². The molecule has 0 unspecified atom stereocenters. The second-order valence-electron chi connectivity index (χ2n) is 4.34. The fraction of sp³-hybridized carbons (Fsp3) is 0.571. The lowest BCUT2D eigenvalue weighted by molar-refractivity contribution is 0.0892. The van der Waals surface area contributed by atoms with Crippen molar-refractivity contribution in [3.63, 3.8) is 0 Å². The summed E-state index contributed by atoms with van der Waals surface area (Å²) in [6, 6.07) is 1.12. The summed E-state index contributed by atoms with van der Waals surface area (Å²) in [7, 11) is 1.51. The number of nitrogens with one attached hydrogen (secondary N) is 1. The highest BCUT2D eigenvalue weighted by atomic mass is 16.5. The predicted octanol–water partition coefficient (Wildman–Crippen LogP) is 0.687. The van der Waals surface area contributed by atoms with Crippen molar-refractivity contribution in [3.8, 4) is 5.75 Å². The van der Waals surface area contributed by atoms with Gasteiger partial charge in [0, 0.05) is 19.7 Å². The Morgan fingerprint density at radius 1 is 1.43 bits per heavy atom. The smallest absolute Gasteiger partial charge is 0.291 e. The minimum absolute atomic E-state index is 0.0136. The predicted molar refractivity (Wildman–Crippen MR) is 75.5 cm³/mol. The maximum Gasteiger partial charge on any atom is 0.291 e. The standard InChI is InChI=1S/C14H21NO6/c1-3-4-6-20-12-11(17)8-10(9-16)21-13(12)14(18)15-5-7-19-2/h8,16H,3-7,9H2,1-2H3,(H,15,18). The lowest BCUT2D eigenvalue weighted by Crippen LogP contribution is -2.29. The third-order valence-electron chi connectivity index (χ3n) is 2.65. The second-order valence-corrected chi connectivity index (χ2v) is 4.34. The van der Waals surface area contributed by atoms with Crippen LogP contribution in [0.5, 0.6) is 5.75 Å². The van der Waals surface area contributed by atoms with Gasteiger partial charge in [0.25, 0.3) is 5.91 Å². The minimum Gasteiger partial charge on any atom is -0.486 e. The van der Waals surface area contributed by atoms with Crippen molar-refractivity contribution in [3.05, 3.63) is 27.8 Å². The van der Waals surface area contributed by atoms with E-state index in [1.807, 2.05) is 6.92 Å². The summed E-state index contributed by atoms with van der Waals surface area (Å²) < 4.78 is 15.4. The summed E-state index contributed by atoms with van der Waals surface area (Å²) in [5.74, 6) is -0.917. The van der Waals surface area contributed by atoms with Gasteiger partial charge < -0.3 is 24.3 Å². The molecule has 0 bridgehead atoms. The molecule has 118 valence electrons. The van der Waals surface area contributed by atoms with Gasteiger partial charge >= 0.3 is 0 Å². The molecule has 1 aromatic heterocycles. The van der Waals surface area contributed by atoms with Crippen LogP contribution in [-0.2, 0) is 11.3 Å². The van der Waals surface area contributed by atoms with Crippen LogP contribution in [0.15, 0.2) is 15.3 Å². The zero-order valence-electron chi connectivity index (χ0n) is 12.3. The number of amides is 1. The fourth-order valence-electron chi connectivity index (χ4n) is 1.56. The number of hydrogen-bond acceptors (Lipinski definition) is 6. The molecule has 0 aromatic carbocycles. The highest BCUT2D eigenvalue weighted by molar-refractivity contribution is 5.93. The van der Waals surface area contributed by atoms with Crippen LogP contribution in [0.1, 0.15) is 36.1 Å². The number of hydrogen-bond donors (Lipinski definition) is 2. The Balaban J connectivity index is 2.98. The Labute approximate surface area is 122 Å². The molecular weight excluding hydrogens is 278 g/mol. The van der Waals surface area contributed by atoms with Crippen molar-refractivity contribution in [2.75, 3.05) is 26.9 Å². The number of carbonyl (C=O) groups is 1. The molecule has 0 aliphatic carbocycles. The number of carbonyl (C=O) groups excluding carboxylic acids is 1. The van der Waals surface area contributed by atoms with Gasteiger partial charge in [0.1, 0.15) is 12.4 Å². The Bertz CT molecular complexity index is 511. The molecule has 0 saturated heterocycles. The zero-order valence-corrected chi connectivity index (χ0v) is 12.3. The second kappa shape index (κ2) is 9.15. The quantitative estimate of drug-likeness (QED) is 0.651. The van der Waals surface area contributed by atoms with Crippen LogP contribution in [0.4, 0.5) is 0 Å². The van der Waals surface area contributed by atoms with Crippen LogP contribution < -0.4 is 15.5 Å². The number of aliphatic hydroxyl groups is 1. The summed E-state index contributed by atoms with van der Waals surface area (Å²) in [6.45, 7) is 2.44. The number of unbranched alkanes of at least 4 members (excludes halogenated alkanes) is 1. The van der Waals surface area contributed by atoms with Gasteiger partial charge in [0.15, 0.2) is 0 Å². The third kappa shape index (κ3) is 5.20. The van der Waals surface area contributed by atoms with Gasteiger partial charge in [-0.15, -0.1) is 0 Å². The van der Waals surface area contributed by atoms with E-state index >= 15 is 0 Å². The van der Waals surface area contributed by atoms with Crippen molar-refractivity contribution in [2.45, 2.75) is 26.4 Å². The average Bonchev–Trinajstić information content (AvgIpc) is 2.48. The first-order valence-electron chi connectivity index (χ1n) is 6.81. The topological polar surface area (TPSA) is 98.0 Å². The van der Waals surface area contributed by atoms with Gasteiger partial charge in [-0.2, -0.15) is 0 Å². The van der Waals surface area contributed by atoms with E-state index in [1.165, 1.54) is 7.11 Å². The lowest BCUT2D eigenvalue weighted by atomic mass is 10.3. The molecule has 1 heterocycles. The Morgan fingerprint density at radius 2 is 2.19 bits per heavy atom. The highest BCUT2D eigenvalue weighted by Crippen LogP contribution is 2.16. The van der Waals surface area contributed by atoms with E-state index in [1.54, 1.807) is 0 Å². The fourth-order valence-corrected chi connectivity index (χ4v) is 1.56. The number of ether oxygens (including phenoxy) is 2. The van der Waals surface area contributed by atoms with E-state index < -0.39 is 17.9 Å². The highest BCUT2D eigenvalue weighted by Gasteiger charge is 2.20. The first-order valence-corrected chi connectivity index (χ1v) is 6.81. The molecule has 1 amide bonds. The molecule has 7 nitrogen and oxygen atoms in total. The SMILES string of the molecule is CCCCOc1c(C(=O)NCCOC)oc(CO)cc1=O. The van der Waals surface area contributed by atoms with E-state index in [2.05, 4.69) is 5.32 Å². The lowest BCUT2D eigenvalue weighted by Gasteiger charge is -2.11. The molecule has 0 atom stereocenters. The van der Waals surface area contributed by atoms with Crippen molar-refractivity contribution in [1.29, 1.82) is 0 Å². The van der Waals surface area contributed by atoms with Crippen LogP contribution in [0, 0.1) is 0 Å². The summed E-state index contributed by atoms with van der Waals surface area (Å²) in [4.78, 5) is 24.0. The maximum atomic E-state index is 12.0. The summed E-state index contributed by atoms with van der Waals surface area (Å²) in [6.07, 6.45) is 1.65. The van der Waals surface area contributed by atoms with Crippen LogP contribution in [0.2, 0.25) is 0 Å². The average molecular weight is 299 g/mol. The van der Waals surface area contributed by atoms with Crippen LogP contribution in [0.3, 0.4) is 0 Å². The largest absolute Gasteiger partial charge is 0.486 e. The summed E-state index contributed by atoms with van der Waals surface area (Å²) in [5.41, 5.74) is -0.488. The molecule has 0 saturated carbocycles. The molecule has 0 radical (unpaired) electrons. The molecule has 1 rings (SSSR count). The number of aliphatic hydroxyl groups excluding tert-OH is 1. The van der Waals surface area contributed by atoms with Crippen LogP contribution in [-0.4, -0.2) is 37.9 Å². The van der Waals surface area contributed by atoms with E-state index in [0.717, 1.165) is 18.9 Å². The van der Waals surface area contributed by atoms with Gasteiger partial charge in [-0.05, 0) is 6.42 Å². The molecule has 0 fully saturated rings. The maximum absolute atomic E-state index is 12.0. The first kappa shape index (κ1) is 17.2. The number of methoxy groups -OCH3 is 1. The molecule has 0 spiro atoms. The zero-order chi connectivity index (χ0) is 15.7. The van der Waals surface area contributed by atoms with Gasteiger partial charge in [0.2, 0.25) is 16.9 Å². The van der Waals surface area contributed by atoms with E-state index in [9.17, 15) is 9.59 Å². The van der Waals surface area contributed by atoms with E-state index in [-0.39, 0.29) is 23.8 Å². The molecule has 0 aliphatic heterocycles. The molecule has 7 heteroatoms. The first-order chi connectivity index (χ1) is 10.1. The van der Waals surface area contributed by atoms with Crippen molar-refractivity contribution < 1.29 is 23.8 Å². The van der Waals surface area contributed by atoms with Gasteiger partial charge in [-0.3, -0.25) is 9.59 Å². The molecule has 0 aliphatic rings. The molecule has 2 N–H and O–H groups in total. The Kier molecular flexibility index (Phi) is 7.49. The normalized spacial score (nSPS) is 10.4. The third-order valence-corrected chi connectivity index (χ3v) is 2.65. The molecule has 21 heavy (non-hydrogen) atoms. The van der Waals surface area contributed by atoms with Gasteiger partial charge in [-0.25, -0.2) is 0 Å². The Morgan fingerprint density at radius 3 is 2.81 bits per heavy atom. The summed E-state index contributed by atoms with van der Waals surface area (Å²) in [5, 5.41) is 11.6.